The van der Waals surface area contributed by atoms with Crippen LogP contribution in [0.25, 0.3) is 0 Å². The van der Waals surface area contributed by atoms with Crippen molar-refractivity contribution < 1.29 is 60.3 Å². The number of rotatable bonds is 5. The molecule has 0 aliphatic rings. The van der Waals surface area contributed by atoms with E-state index in [0.29, 0.717) is 0 Å². The molecule has 0 aromatic heterocycles. The summed E-state index contributed by atoms with van der Waals surface area (Å²) < 4.78 is 0. The molecule has 0 saturated carbocycles. The maximum absolute atomic E-state index is 9.25. The Bertz CT molecular complexity index is 372. The lowest BCUT2D eigenvalue weighted by atomic mass is 10.4. The highest BCUT2D eigenvalue weighted by molar-refractivity contribution is 5.79. The van der Waals surface area contributed by atoms with E-state index in [1.165, 1.54) is 13.8 Å². The van der Waals surface area contributed by atoms with E-state index >= 15 is 0 Å². The molecule has 0 heterocycles. The molecule has 0 saturated heterocycles. The lowest BCUT2D eigenvalue weighted by Crippen LogP contribution is -2.24. The Morgan fingerprint density at radius 3 is 0.704 bits per heavy atom. The Labute approximate surface area is 155 Å². The van der Waals surface area contributed by atoms with Crippen LogP contribution < -0.4 is 0 Å². The minimum absolute atomic E-state index is 0.0625. The van der Waals surface area contributed by atoms with Crippen LogP contribution >= 0.6 is 0 Å². The smallest absolute Gasteiger partial charge is 0.327 e. The predicted octanol–water partition coefficient (Wildman–Crippen LogP) is -1.17. The van der Waals surface area contributed by atoms with Crippen molar-refractivity contribution in [2.24, 2.45) is 0 Å². The second-order valence-corrected chi connectivity index (χ2v) is 3.88. The summed E-state index contributed by atoms with van der Waals surface area (Å²) in [5.41, 5.74) is 0. The lowest BCUT2D eigenvalue weighted by molar-refractivity contribution is -0.313. The minimum Gasteiger partial charge on any atom is -0.478 e. The summed E-state index contributed by atoms with van der Waals surface area (Å²) in [6, 6.07) is 0. The van der Waals surface area contributed by atoms with E-state index in [1.807, 2.05) is 0 Å². The molecule has 0 aliphatic heterocycles. The summed E-state index contributed by atoms with van der Waals surface area (Å²) in [6.45, 7) is 11.8. The summed E-state index contributed by atoms with van der Waals surface area (Å²) in [7, 11) is 0. The van der Waals surface area contributed by atoms with Gasteiger partial charge in [0.1, 0.15) is 0 Å². The first-order chi connectivity index (χ1) is 11.9. The van der Waals surface area contributed by atoms with E-state index in [9.17, 15) is 14.4 Å². The summed E-state index contributed by atoms with van der Waals surface area (Å²) >= 11 is 0. The van der Waals surface area contributed by atoms with E-state index < -0.39 is 29.9 Å². The second kappa shape index (κ2) is 21.4. The summed E-state index contributed by atoms with van der Waals surface area (Å²) in [5.74, 6) is -7.86. The lowest BCUT2D eigenvalue weighted by Gasteiger charge is -2.08. The molecule has 0 bridgehead atoms. The predicted molar refractivity (Wildman–Crippen MR) is 92.9 cm³/mol. The zero-order valence-corrected chi connectivity index (χ0v) is 15.0. The van der Waals surface area contributed by atoms with Crippen LogP contribution in [0.5, 0.6) is 0 Å². The summed E-state index contributed by atoms with van der Waals surface area (Å²) in [6.07, 6.45) is 2.38. The van der Waals surface area contributed by atoms with Crippen LogP contribution in [0.4, 0.5) is 0 Å². The summed E-state index contributed by atoms with van der Waals surface area (Å²) in [4.78, 5) is 27.8. The third kappa shape index (κ3) is 121. The quantitative estimate of drug-likeness (QED) is 0.196. The first kappa shape index (κ1) is 35.5. The number of aliphatic hydroxyl groups is 6. The zero-order chi connectivity index (χ0) is 23.3. The van der Waals surface area contributed by atoms with Crippen LogP contribution in [-0.2, 0) is 14.4 Å². The molecule has 0 amide bonds. The molecule has 0 aromatic rings. The van der Waals surface area contributed by atoms with Gasteiger partial charge in [0.2, 0.25) is 0 Å². The number of carboxylic acids is 3. The highest BCUT2D eigenvalue weighted by Crippen LogP contribution is 1.95. The van der Waals surface area contributed by atoms with Gasteiger partial charge >= 0.3 is 17.9 Å². The van der Waals surface area contributed by atoms with Gasteiger partial charge in [0, 0.05) is 31.1 Å². The molecule has 0 spiro atoms. The van der Waals surface area contributed by atoms with Gasteiger partial charge in [0.25, 0.3) is 11.9 Å². The van der Waals surface area contributed by atoms with Gasteiger partial charge in [-0.2, -0.15) is 0 Å². The van der Waals surface area contributed by atoms with E-state index in [2.05, 4.69) is 19.7 Å². The van der Waals surface area contributed by atoms with Crippen molar-refractivity contribution >= 4 is 17.9 Å². The van der Waals surface area contributed by atoms with Gasteiger partial charge in [-0.15, -0.1) is 0 Å². The highest BCUT2D eigenvalue weighted by Gasteiger charge is 2.12. The third-order valence-electron chi connectivity index (χ3n) is 1.47. The van der Waals surface area contributed by atoms with Crippen molar-refractivity contribution in [1.82, 2.24) is 0 Å². The monoisotopic (exact) mass is 400 g/mol. The maximum atomic E-state index is 9.25. The van der Waals surface area contributed by atoms with Crippen molar-refractivity contribution in [3.05, 3.63) is 38.0 Å². The van der Waals surface area contributed by atoms with E-state index in [0.717, 1.165) is 18.2 Å². The molecule has 0 aromatic carbocycles. The number of aliphatic carboxylic acids is 3. The molecular formula is C15H28O12. The van der Waals surface area contributed by atoms with Crippen molar-refractivity contribution in [3.63, 3.8) is 0 Å². The average Bonchev–Trinajstić information content (AvgIpc) is 2.55. The number of hydrogen-bond donors (Lipinski definition) is 9. The Morgan fingerprint density at radius 2 is 0.704 bits per heavy atom. The van der Waals surface area contributed by atoms with Crippen LogP contribution in [0.1, 0.15) is 26.7 Å². The number of carboxylic acid groups (broad SMARTS) is 3. The van der Waals surface area contributed by atoms with Crippen LogP contribution in [0.2, 0.25) is 0 Å². The third-order valence-corrected chi connectivity index (χ3v) is 1.47. The molecule has 160 valence electrons. The Kier molecular flexibility index (Phi) is 28.2. The fraction of sp³-hybridized carbons (Fsp3) is 0.400. The zero-order valence-electron chi connectivity index (χ0n) is 15.0. The standard InChI is InChI=1S/2C3H8O3.3C3H4O2/c2*1-2-3(4,5)6;3*1-2-3(4)5/h2*4-6H,2H2,1H3;3*2H,1H2,(H,4,5). The molecular weight excluding hydrogens is 372 g/mol. The summed E-state index contributed by atoms with van der Waals surface area (Å²) in [5, 5.41) is 70.4. The SMILES string of the molecule is C=CC(=O)O.C=CC(=O)O.C=CC(=O)O.CCC(O)(O)O.CCC(O)(O)O. The minimum atomic E-state index is -2.46. The fourth-order valence-corrected chi connectivity index (χ4v) is 0. The maximum Gasteiger partial charge on any atom is 0.327 e. The van der Waals surface area contributed by atoms with Gasteiger partial charge in [-0.3, -0.25) is 0 Å². The molecule has 0 fully saturated rings. The highest BCUT2D eigenvalue weighted by atomic mass is 16.7. The van der Waals surface area contributed by atoms with Crippen LogP contribution in [0, 0.1) is 0 Å². The van der Waals surface area contributed by atoms with Crippen LogP contribution in [-0.4, -0.2) is 75.8 Å². The van der Waals surface area contributed by atoms with Crippen molar-refractivity contribution in [1.29, 1.82) is 0 Å². The van der Waals surface area contributed by atoms with Crippen molar-refractivity contribution in [3.8, 4) is 0 Å². The van der Waals surface area contributed by atoms with E-state index in [-0.39, 0.29) is 12.8 Å². The van der Waals surface area contributed by atoms with Gasteiger partial charge in [-0.25, -0.2) is 14.4 Å². The fourth-order valence-electron chi connectivity index (χ4n) is 0. The Morgan fingerprint density at radius 1 is 0.630 bits per heavy atom. The molecule has 12 nitrogen and oxygen atoms in total. The first-order valence-corrected chi connectivity index (χ1v) is 6.84. The molecule has 27 heavy (non-hydrogen) atoms. The first-order valence-electron chi connectivity index (χ1n) is 6.84. The topological polar surface area (TPSA) is 233 Å². The van der Waals surface area contributed by atoms with E-state index in [1.54, 1.807) is 0 Å². The number of hydrogen-bond acceptors (Lipinski definition) is 9. The van der Waals surface area contributed by atoms with Crippen molar-refractivity contribution in [2.45, 2.75) is 38.6 Å². The second-order valence-electron chi connectivity index (χ2n) is 3.88. The molecule has 0 unspecified atom stereocenters. The van der Waals surface area contributed by atoms with Gasteiger partial charge < -0.3 is 46.0 Å². The van der Waals surface area contributed by atoms with Crippen LogP contribution in [0.15, 0.2) is 38.0 Å². The normalized spacial score (nSPS) is 8.89. The molecule has 0 aliphatic carbocycles. The Hall–Kier alpha value is -2.61. The molecule has 0 atom stereocenters. The Balaban J connectivity index is -0.0000000749. The molecule has 0 radical (unpaired) electrons. The number of carbonyl (C=O) groups is 3. The van der Waals surface area contributed by atoms with Gasteiger partial charge in [-0.1, -0.05) is 33.6 Å². The molecule has 9 N–H and O–H groups in total. The largest absolute Gasteiger partial charge is 0.478 e. The van der Waals surface area contributed by atoms with Crippen molar-refractivity contribution in [2.75, 3.05) is 0 Å². The van der Waals surface area contributed by atoms with Crippen LogP contribution in [0.3, 0.4) is 0 Å². The molecule has 0 rings (SSSR count). The van der Waals surface area contributed by atoms with E-state index in [4.69, 9.17) is 46.0 Å². The molecule has 12 heteroatoms. The van der Waals surface area contributed by atoms with Gasteiger partial charge in [-0.05, 0) is 0 Å². The average molecular weight is 400 g/mol. The van der Waals surface area contributed by atoms with Gasteiger partial charge in [0.15, 0.2) is 0 Å². The van der Waals surface area contributed by atoms with Gasteiger partial charge in [0.05, 0.1) is 0 Å².